The van der Waals surface area contributed by atoms with Crippen molar-refractivity contribution in [1.82, 2.24) is 4.90 Å². The minimum Gasteiger partial charge on any atom is -0.389 e. The van der Waals surface area contributed by atoms with Gasteiger partial charge in [0.2, 0.25) is 0 Å². The molecule has 2 N–H and O–H groups in total. The Morgan fingerprint density at radius 1 is 1.33 bits per heavy atom. The Morgan fingerprint density at radius 3 is 2.40 bits per heavy atom. The van der Waals surface area contributed by atoms with Crippen molar-refractivity contribution in [2.75, 3.05) is 13.6 Å². The Hall–Kier alpha value is -0.930. The van der Waals surface area contributed by atoms with Gasteiger partial charge < -0.3 is 10.6 Å². The van der Waals surface area contributed by atoms with Crippen LogP contribution in [0.25, 0.3) is 0 Å². The lowest BCUT2D eigenvalue weighted by Crippen LogP contribution is -2.18. The second-order valence-corrected chi connectivity index (χ2v) is 4.24. The zero-order valence-corrected chi connectivity index (χ0v) is 10.2. The molecule has 0 radical (unpaired) electrons. The number of thiocarbonyl (C=S) groups is 1. The zero-order valence-electron chi connectivity index (χ0n) is 9.36. The number of hydrogen-bond acceptors (Lipinski definition) is 2. The van der Waals surface area contributed by atoms with Crippen LogP contribution in [0.1, 0.15) is 24.5 Å². The van der Waals surface area contributed by atoms with Crippen LogP contribution in [0.5, 0.6) is 0 Å². The van der Waals surface area contributed by atoms with E-state index in [9.17, 15) is 0 Å². The van der Waals surface area contributed by atoms with Crippen molar-refractivity contribution < 1.29 is 0 Å². The first-order chi connectivity index (χ1) is 7.13. The van der Waals surface area contributed by atoms with Gasteiger partial charge in [0.25, 0.3) is 0 Å². The van der Waals surface area contributed by atoms with Crippen molar-refractivity contribution in [2.45, 2.75) is 19.9 Å². The van der Waals surface area contributed by atoms with Gasteiger partial charge in [0.05, 0.1) is 0 Å². The van der Waals surface area contributed by atoms with Gasteiger partial charge in [-0.05, 0) is 25.6 Å². The van der Waals surface area contributed by atoms with Gasteiger partial charge in [0, 0.05) is 12.1 Å². The van der Waals surface area contributed by atoms with Gasteiger partial charge in [-0.3, -0.25) is 0 Å². The quantitative estimate of drug-likeness (QED) is 0.774. The Labute approximate surface area is 97.1 Å². The van der Waals surface area contributed by atoms with Gasteiger partial charge in [-0.25, -0.2) is 0 Å². The molecule has 0 bridgehead atoms. The molecule has 0 unspecified atom stereocenters. The normalized spacial score (nSPS) is 10.6. The van der Waals surface area contributed by atoms with Gasteiger partial charge in [-0.2, -0.15) is 0 Å². The van der Waals surface area contributed by atoms with Crippen LogP contribution in [0.15, 0.2) is 24.3 Å². The molecule has 0 aliphatic carbocycles. The first-order valence-electron chi connectivity index (χ1n) is 5.20. The summed E-state index contributed by atoms with van der Waals surface area (Å²) in [5, 5.41) is 0. The van der Waals surface area contributed by atoms with Crippen LogP contribution in [-0.4, -0.2) is 23.5 Å². The Kier molecular flexibility index (Phi) is 4.72. The van der Waals surface area contributed by atoms with Gasteiger partial charge in [-0.1, -0.05) is 43.4 Å². The maximum Gasteiger partial charge on any atom is 0.103 e. The summed E-state index contributed by atoms with van der Waals surface area (Å²) in [5.41, 5.74) is 7.77. The first-order valence-corrected chi connectivity index (χ1v) is 5.61. The van der Waals surface area contributed by atoms with E-state index >= 15 is 0 Å². The molecule has 0 aromatic heterocycles. The van der Waals surface area contributed by atoms with Crippen LogP contribution in [0.2, 0.25) is 0 Å². The summed E-state index contributed by atoms with van der Waals surface area (Å²) < 4.78 is 0. The lowest BCUT2D eigenvalue weighted by molar-refractivity contribution is 0.327. The van der Waals surface area contributed by atoms with E-state index in [0.717, 1.165) is 18.7 Å². The highest BCUT2D eigenvalue weighted by molar-refractivity contribution is 7.80. The lowest BCUT2D eigenvalue weighted by atomic mass is 10.1. The van der Waals surface area contributed by atoms with Gasteiger partial charge in [0.15, 0.2) is 0 Å². The molecule has 0 saturated heterocycles. The van der Waals surface area contributed by atoms with Crippen LogP contribution in [0.4, 0.5) is 0 Å². The van der Waals surface area contributed by atoms with Crippen LogP contribution < -0.4 is 5.73 Å². The average molecular weight is 222 g/mol. The largest absolute Gasteiger partial charge is 0.389 e. The van der Waals surface area contributed by atoms with E-state index in [2.05, 4.69) is 31.0 Å². The summed E-state index contributed by atoms with van der Waals surface area (Å²) in [4.78, 5) is 2.76. The van der Waals surface area contributed by atoms with Crippen LogP contribution in [0, 0.1) is 0 Å². The molecule has 1 rings (SSSR count). The van der Waals surface area contributed by atoms with Gasteiger partial charge >= 0.3 is 0 Å². The summed E-state index contributed by atoms with van der Waals surface area (Å²) >= 11 is 4.90. The predicted molar refractivity (Wildman–Crippen MR) is 69.0 cm³/mol. The van der Waals surface area contributed by atoms with E-state index in [1.54, 1.807) is 0 Å². The maximum absolute atomic E-state index is 5.53. The molecule has 2 nitrogen and oxygen atoms in total. The molecule has 0 spiro atoms. The van der Waals surface area contributed by atoms with E-state index in [1.807, 2.05) is 12.1 Å². The van der Waals surface area contributed by atoms with Crippen LogP contribution >= 0.6 is 12.2 Å². The minimum atomic E-state index is 0.462. The first kappa shape index (κ1) is 12.1. The molecule has 0 aliphatic heterocycles. The van der Waals surface area contributed by atoms with Crippen molar-refractivity contribution in [1.29, 1.82) is 0 Å². The van der Waals surface area contributed by atoms with E-state index < -0.39 is 0 Å². The van der Waals surface area contributed by atoms with Crippen LogP contribution in [0.3, 0.4) is 0 Å². The topological polar surface area (TPSA) is 29.3 Å². The van der Waals surface area contributed by atoms with Crippen molar-refractivity contribution in [2.24, 2.45) is 5.73 Å². The third-order valence-corrected chi connectivity index (χ3v) is 2.53. The van der Waals surface area contributed by atoms with E-state index in [4.69, 9.17) is 18.0 Å². The van der Waals surface area contributed by atoms with Crippen molar-refractivity contribution in [3.05, 3.63) is 35.4 Å². The molecular formula is C12H18N2S. The zero-order chi connectivity index (χ0) is 11.3. The SMILES string of the molecule is CCCN(C)Cc1ccc(C(N)=S)cc1. The summed E-state index contributed by atoms with van der Waals surface area (Å²) in [7, 11) is 2.13. The standard InChI is InChI=1S/C12H18N2S/c1-3-8-14(2)9-10-4-6-11(7-5-10)12(13)15/h4-7H,3,8-9H2,1-2H3,(H2,13,15). The second-order valence-electron chi connectivity index (χ2n) is 3.80. The van der Waals surface area contributed by atoms with Crippen molar-refractivity contribution in [3.63, 3.8) is 0 Å². The molecule has 0 fully saturated rings. The molecule has 1 aromatic carbocycles. The Morgan fingerprint density at radius 2 is 1.93 bits per heavy atom. The molecule has 15 heavy (non-hydrogen) atoms. The smallest absolute Gasteiger partial charge is 0.103 e. The van der Waals surface area contributed by atoms with Crippen LogP contribution in [-0.2, 0) is 6.54 Å². The monoisotopic (exact) mass is 222 g/mol. The average Bonchev–Trinajstić information content (AvgIpc) is 2.18. The van der Waals surface area contributed by atoms with Crippen molar-refractivity contribution in [3.8, 4) is 0 Å². The summed E-state index contributed by atoms with van der Waals surface area (Å²) in [6, 6.07) is 8.14. The fourth-order valence-electron chi connectivity index (χ4n) is 1.55. The third-order valence-electron chi connectivity index (χ3n) is 2.30. The summed E-state index contributed by atoms with van der Waals surface area (Å²) in [5.74, 6) is 0. The maximum atomic E-state index is 5.53. The Balaban J connectivity index is 2.60. The molecule has 0 atom stereocenters. The van der Waals surface area contributed by atoms with Crippen molar-refractivity contribution >= 4 is 17.2 Å². The minimum absolute atomic E-state index is 0.462. The van der Waals surface area contributed by atoms with Gasteiger partial charge in [-0.15, -0.1) is 0 Å². The predicted octanol–water partition coefficient (Wildman–Crippen LogP) is 2.16. The van der Waals surface area contributed by atoms with E-state index in [-0.39, 0.29) is 0 Å². The highest BCUT2D eigenvalue weighted by Gasteiger charge is 2.00. The molecule has 1 aromatic rings. The molecular weight excluding hydrogens is 204 g/mol. The number of nitrogens with two attached hydrogens (primary N) is 1. The molecule has 82 valence electrons. The fourth-order valence-corrected chi connectivity index (χ4v) is 1.68. The third kappa shape index (κ3) is 3.98. The van der Waals surface area contributed by atoms with Gasteiger partial charge in [0.1, 0.15) is 4.99 Å². The number of nitrogens with zero attached hydrogens (tertiary/aromatic N) is 1. The number of benzene rings is 1. The lowest BCUT2D eigenvalue weighted by Gasteiger charge is -2.15. The molecule has 0 amide bonds. The van der Waals surface area contributed by atoms with E-state index in [1.165, 1.54) is 12.0 Å². The number of rotatable bonds is 5. The van der Waals surface area contributed by atoms with E-state index in [0.29, 0.717) is 4.99 Å². The number of hydrogen-bond donors (Lipinski definition) is 1. The molecule has 0 aliphatic rings. The molecule has 0 heterocycles. The Bertz CT molecular complexity index is 319. The highest BCUT2D eigenvalue weighted by Crippen LogP contribution is 2.06. The molecule has 3 heteroatoms. The fraction of sp³-hybridized carbons (Fsp3) is 0.417. The summed E-state index contributed by atoms with van der Waals surface area (Å²) in [6.07, 6.45) is 1.18. The second kappa shape index (κ2) is 5.83. The summed E-state index contributed by atoms with van der Waals surface area (Å²) in [6.45, 7) is 4.29. The molecule has 0 saturated carbocycles. The highest BCUT2D eigenvalue weighted by atomic mass is 32.1.